The molecule has 104 valence electrons. The quantitative estimate of drug-likeness (QED) is 0.799. The van der Waals surface area contributed by atoms with Crippen LogP contribution in [0.15, 0.2) is 60.7 Å². The van der Waals surface area contributed by atoms with Gasteiger partial charge in [-0.25, -0.2) is 0 Å². The van der Waals surface area contributed by atoms with Crippen molar-refractivity contribution in [3.63, 3.8) is 0 Å². The Bertz CT molecular complexity index is 385. The Hall–Kier alpha value is -1.80. The topological polar surface area (TPSA) is 18.5 Å². The lowest BCUT2D eigenvalue weighted by atomic mass is 10.2. The van der Waals surface area contributed by atoms with Gasteiger partial charge >= 0.3 is 0 Å². The van der Waals surface area contributed by atoms with E-state index in [1.54, 1.807) is 14.2 Å². The minimum absolute atomic E-state index is 0.740. The molecule has 2 aromatic carbocycles. The van der Waals surface area contributed by atoms with Crippen LogP contribution in [0.3, 0.4) is 0 Å². The van der Waals surface area contributed by atoms with Gasteiger partial charge in [0.2, 0.25) is 0 Å². The largest absolute Gasteiger partial charge is 0.494 e. The molecule has 0 aliphatic heterocycles. The number of aryl methyl sites for hydroxylation is 1. The van der Waals surface area contributed by atoms with Crippen molar-refractivity contribution >= 4 is 0 Å². The summed E-state index contributed by atoms with van der Waals surface area (Å²) >= 11 is 0. The third-order valence-electron chi connectivity index (χ3n) is 1.99. The Labute approximate surface area is 117 Å². The number of hydrogen-bond acceptors (Lipinski definition) is 2. The van der Waals surface area contributed by atoms with Crippen LogP contribution in [0.2, 0.25) is 0 Å². The fraction of sp³-hybridized carbons (Fsp3) is 0.294. The Balaban J connectivity index is 0.000000289. The molecule has 0 aliphatic carbocycles. The fourth-order valence-electron chi connectivity index (χ4n) is 1.22. The van der Waals surface area contributed by atoms with Gasteiger partial charge in [-0.15, -0.1) is 0 Å². The molecule has 0 saturated carbocycles. The molecule has 0 radical (unpaired) electrons. The van der Waals surface area contributed by atoms with Crippen LogP contribution < -0.4 is 4.74 Å². The van der Waals surface area contributed by atoms with Crippen molar-refractivity contribution in [2.45, 2.75) is 13.8 Å². The van der Waals surface area contributed by atoms with Gasteiger partial charge in [0.25, 0.3) is 0 Å². The van der Waals surface area contributed by atoms with Gasteiger partial charge < -0.3 is 9.47 Å². The highest BCUT2D eigenvalue weighted by Gasteiger charge is 1.83. The third-order valence-corrected chi connectivity index (χ3v) is 1.99. The predicted molar refractivity (Wildman–Crippen MR) is 81.7 cm³/mol. The first-order valence-electron chi connectivity index (χ1n) is 6.34. The van der Waals surface area contributed by atoms with Crippen LogP contribution in [0.5, 0.6) is 5.75 Å². The highest BCUT2D eigenvalue weighted by atomic mass is 16.5. The fourth-order valence-corrected chi connectivity index (χ4v) is 1.22. The standard InChI is InChI=1S/C8H10O.C7H8.C2H6O/c1-2-9-8-6-4-3-5-7-8;1-7-5-3-2-4-6-7;1-3-2/h3-7H,2H2,1H3;2-6H,1H3;1-2H3. The van der Waals surface area contributed by atoms with Gasteiger partial charge in [-0.2, -0.15) is 0 Å². The number of hydrogen-bond donors (Lipinski definition) is 0. The Kier molecular flexibility index (Phi) is 11.5. The van der Waals surface area contributed by atoms with Gasteiger partial charge in [-0.1, -0.05) is 54.1 Å². The number of rotatable bonds is 2. The van der Waals surface area contributed by atoms with Gasteiger partial charge in [-0.3, -0.25) is 0 Å². The van der Waals surface area contributed by atoms with E-state index in [9.17, 15) is 0 Å². The first kappa shape index (κ1) is 17.2. The second kappa shape index (κ2) is 12.7. The van der Waals surface area contributed by atoms with Gasteiger partial charge in [0.05, 0.1) is 6.61 Å². The van der Waals surface area contributed by atoms with Crippen LogP contribution in [-0.4, -0.2) is 20.8 Å². The average molecular weight is 260 g/mol. The minimum atomic E-state index is 0.740. The lowest BCUT2D eigenvalue weighted by molar-refractivity contribution is 0.277. The lowest BCUT2D eigenvalue weighted by Crippen LogP contribution is -1.89. The molecular weight excluding hydrogens is 236 g/mol. The molecule has 19 heavy (non-hydrogen) atoms. The van der Waals surface area contributed by atoms with E-state index in [4.69, 9.17) is 4.74 Å². The SMILES string of the molecule is CCOc1ccccc1.COC.Cc1ccccc1. The van der Waals surface area contributed by atoms with Crippen molar-refractivity contribution in [1.82, 2.24) is 0 Å². The molecule has 0 N–H and O–H groups in total. The van der Waals surface area contributed by atoms with E-state index < -0.39 is 0 Å². The number of methoxy groups -OCH3 is 1. The van der Waals surface area contributed by atoms with Crippen LogP contribution in [-0.2, 0) is 4.74 Å². The molecule has 2 aromatic rings. The Morgan fingerprint density at radius 3 is 1.53 bits per heavy atom. The summed E-state index contributed by atoms with van der Waals surface area (Å²) in [5, 5.41) is 0. The molecule has 0 spiro atoms. The van der Waals surface area contributed by atoms with E-state index in [2.05, 4.69) is 23.8 Å². The van der Waals surface area contributed by atoms with Crippen molar-refractivity contribution in [3.8, 4) is 5.75 Å². The first-order valence-corrected chi connectivity index (χ1v) is 6.34. The van der Waals surface area contributed by atoms with Crippen molar-refractivity contribution in [2.24, 2.45) is 0 Å². The molecule has 0 unspecified atom stereocenters. The maximum atomic E-state index is 5.21. The maximum Gasteiger partial charge on any atom is 0.119 e. The molecule has 0 saturated heterocycles. The molecule has 0 amide bonds. The molecule has 0 aliphatic rings. The van der Waals surface area contributed by atoms with Gasteiger partial charge in [0, 0.05) is 14.2 Å². The smallest absolute Gasteiger partial charge is 0.119 e. The molecule has 0 bridgehead atoms. The zero-order chi connectivity index (χ0) is 14.3. The second-order valence-corrected chi connectivity index (χ2v) is 3.81. The molecule has 2 heteroatoms. The summed E-state index contributed by atoms with van der Waals surface area (Å²) in [5.74, 6) is 0.944. The van der Waals surface area contributed by atoms with Crippen molar-refractivity contribution in [3.05, 3.63) is 66.2 Å². The van der Waals surface area contributed by atoms with Crippen LogP contribution >= 0.6 is 0 Å². The normalized spacial score (nSPS) is 8.42. The summed E-state index contributed by atoms with van der Waals surface area (Å²) in [7, 11) is 3.25. The van der Waals surface area contributed by atoms with Crippen LogP contribution in [0, 0.1) is 6.92 Å². The highest BCUT2D eigenvalue weighted by Crippen LogP contribution is 2.06. The Morgan fingerprint density at radius 1 is 0.789 bits per heavy atom. The summed E-state index contributed by atoms with van der Waals surface area (Å²) in [6.07, 6.45) is 0. The van der Waals surface area contributed by atoms with E-state index >= 15 is 0 Å². The first-order chi connectivity index (χ1) is 9.24. The molecule has 0 aromatic heterocycles. The Morgan fingerprint density at radius 2 is 1.21 bits per heavy atom. The summed E-state index contributed by atoms with van der Waals surface area (Å²) < 4.78 is 9.46. The number of ether oxygens (including phenoxy) is 2. The zero-order valence-corrected chi connectivity index (χ0v) is 12.3. The van der Waals surface area contributed by atoms with E-state index in [1.807, 2.05) is 55.5 Å². The molecule has 2 nitrogen and oxygen atoms in total. The van der Waals surface area contributed by atoms with Crippen LogP contribution in [0.25, 0.3) is 0 Å². The summed E-state index contributed by atoms with van der Waals surface area (Å²) in [5.41, 5.74) is 1.32. The van der Waals surface area contributed by atoms with Crippen molar-refractivity contribution in [1.29, 1.82) is 0 Å². The summed E-state index contributed by atoms with van der Waals surface area (Å²) in [6.45, 7) is 4.80. The molecule has 0 heterocycles. The molecular formula is C17H24O2. The van der Waals surface area contributed by atoms with Crippen LogP contribution in [0.4, 0.5) is 0 Å². The average Bonchev–Trinajstić information content (AvgIpc) is 2.43. The second-order valence-electron chi connectivity index (χ2n) is 3.81. The maximum absolute atomic E-state index is 5.21. The van der Waals surface area contributed by atoms with Gasteiger partial charge in [0.1, 0.15) is 5.75 Å². The van der Waals surface area contributed by atoms with E-state index in [-0.39, 0.29) is 0 Å². The van der Waals surface area contributed by atoms with Crippen molar-refractivity contribution in [2.75, 3.05) is 20.8 Å². The summed E-state index contributed by atoms with van der Waals surface area (Å²) in [4.78, 5) is 0. The predicted octanol–water partition coefficient (Wildman–Crippen LogP) is 4.34. The van der Waals surface area contributed by atoms with E-state index in [1.165, 1.54) is 5.56 Å². The number of para-hydroxylation sites is 1. The zero-order valence-electron chi connectivity index (χ0n) is 12.3. The van der Waals surface area contributed by atoms with Crippen LogP contribution in [0.1, 0.15) is 12.5 Å². The molecule has 0 atom stereocenters. The lowest BCUT2D eigenvalue weighted by Gasteiger charge is -1.99. The van der Waals surface area contributed by atoms with Gasteiger partial charge in [0.15, 0.2) is 0 Å². The minimum Gasteiger partial charge on any atom is -0.494 e. The summed E-state index contributed by atoms with van der Waals surface area (Å²) in [6, 6.07) is 20.1. The number of benzene rings is 2. The van der Waals surface area contributed by atoms with E-state index in [0.29, 0.717) is 0 Å². The highest BCUT2D eigenvalue weighted by molar-refractivity contribution is 5.20. The monoisotopic (exact) mass is 260 g/mol. The molecule has 0 fully saturated rings. The van der Waals surface area contributed by atoms with Gasteiger partial charge in [-0.05, 0) is 26.0 Å². The van der Waals surface area contributed by atoms with E-state index in [0.717, 1.165) is 12.4 Å². The third kappa shape index (κ3) is 11.0. The van der Waals surface area contributed by atoms with Crippen molar-refractivity contribution < 1.29 is 9.47 Å². The molecule has 2 rings (SSSR count).